The number of amides is 1. The van der Waals surface area contributed by atoms with Crippen molar-refractivity contribution in [3.8, 4) is 23.0 Å². The van der Waals surface area contributed by atoms with Crippen LogP contribution in [0.25, 0.3) is 0 Å². The highest BCUT2D eigenvalue weighted by Gasteiger charge is 2.21. The number of ether oxygens (including phenoxy) is 4. The molecule has 0 radical (unpaired) electrons. The third-order valence-electron chi connectivity index (χ3n) is 5.58. The van der Waals surface area contributed by atoms with E-state index in [-0.39, 0.29) is 36.6 Å². The summed E-state index contributed by atoms with van der Waals surface area (Å²) in [6.45, 7) is -0.106. The van der Waals surface area contributed by atoms with Crippen molar-refractivity contribution in [1.29, 1.82) is 0 Å². The van der Waals surface area contributed by atoms with Gasteiger partial charge in [-0.25, -0.2) is 9.18 Å². The number of methoxy groups -OCH3 is 3. The Balaban J connectivity index is 1.84. The average molecular weight is 498 g/mol. The summed E-state index contributed by atoms with van der Waals surface area (Å²) in [5.74, 6) is -0.598. The van der Waals surface area contributed by atoms with Crippen molar-refractivity contribution in [1.82, 2.24) is 4.90 Å². The maximum Gasteiger partial charge on any atom is 0.339 e. The summed E-state index contributed by atoms with van der Waals surface area (Å²) in [6.07, 6.45) is 0.268. The van der Waals surface area contributed by atoms with Gasteiger partial charge in [-0.2, -0.15) is 0 Å². The molecule has 36 heavy (non-hydrogen) atoms. The first kappa shape index (κ1) is 26.3. The number of hydrogen-bond acceptors (Lipinski definition) is 6. The zero-order chi connectivity index (χ0) is 26.1. The molecule has 0 heterocycles. The van der Waals surface area contributed by atoms with Crippen LogP contribution in [0, 0.1) is 5.82 Å². The van der Waals surface area contributed by atoms with Crippen LogP contribution in [-0.2, 0) is 17.8 Å². The first-order valence-corrected chi connectivity index (χ1v) is 11.1. The second-order valence-corrected chi connectivity index (χ2v) is 7.77. The van der Waals surface area contributed by atoms with Crippen molar-refractivity contribution in [2.45, 2.75) is 13.0 Å². The van der Waals surface area contributed by atoms with Crippen LogP contribution in [-0.4, -0.2) is 56.4 Å². The first-order chi connectivity index (χ1) is 17.4. The zero-order valence-corrected chi connectivity index (χ0v) is 20.3. The molecule has 0 unspecified atom stereocenters. The number of hydrogen-bond donors (Lipinski definition) is 1. The minimum absolute atomic E-state index is 0.00298. The second-order valence-electron chi connectivity index (χ2n) is 7.77. The molecule has 0 atom stereocenters. The fraction of sp³-hybridized carbons (Fsp3) is 0.259. The fourth-order valence-corrected chi connectivity index (χ4v) is 3.69. The van der Waals surface area contributed by atoms with E-state index in [0.29, 0.717) is 28.4 Å². The smallest absolute Gasteiger partial charge is 0.339 e. The molecule has 0 spiro atoms. The summed E-state index contributed by atoms with van der Waals surface area (Å²) >= 11 is 0. The largest absolute Gasteiger partial charge is 0.497 e. The number of carbonyl (C=O) groups is 2. The molecule has 0 aliphatic rings. The topological polar surface area (TPSA) is 94.5 Å². The van der Waals surface area contributed by atoms with Gasteiger partial charge >= 0.3 is 5.97 Å². The molecule has 8 nitrogen and oxygen atoms in total. The van der Waals surface area contributed by atoms with E-state index in [4.69, 9.17) is 18.9 Å². The van der Waals surface area contributed by atoms with Crippen LogP contribution in [0.15, 0.2) is 60.7 Å². The van der Waals surface area contributed by atoms with Crippen molar-refractivity contribution >= 4 is 11.9 Å². The standard InChI is InChI=1S/C27H28FNO7/c1-33-20-11-12-21(27(31)32)24(15-20)36-17-25(30)29(14-13-18-7-4-5-9-22(18)28)16-19-8-6-10-23(34-2)26(19)35-3/h4-12,15H,13-14,16-17H2,1-3H3,(H,31,32). The molecule has 190 valence electrons. The molecule has 1 amide bonds. The third kappa shape index (κ3) is 6.44. The number of nitrogens with zero attached hydrogens (tertiary/aromatic N) is 1. The molecule has 3 rings (SSSR count). The normalized spacial score (nSPS) is 10.4. The molecule has 0 saturated carbocycles. The van der Waals surface area contributed by atoms with E-state index in [9.17, 15) is 19.1 Å². The average Bonchev–Trinajstić information content (AvgIpc) is 2.89. The van der Waals surface area contributed by atoms with Gasteiger partial charge in [0, 0.05) is 24.7 Å². The van der Waals surface area contributed by atoms with Gasteiger partial charge in [-0.1, -0.05) is 30.3 Å². The number of benzene rings is 3. The summed E-state index contributed by atoms with van der Waals surface area (Å²) in [6, 6.07) is 15.9. The highest BCUT2D eigenvalue weighted by atomic mass is 19.1. The molecule has 3 aromatic carbocycles. The number of aromatic carboxylic acids is 1. The zero-order valence-electron chi connectivity index (χ0n) is 20.3. The minimum atomic E-state index is -1.20. The fourth-order valence-electron chi connectivity index (χ4n) is 3.69. The monoisotopic (exact) mass is 497 g/mol. The Hall–Kier alpha value is -4.27. The SMILES string of the molecule is COc1ccc(C(=O)O)c(OCC(=O)N(CCc2ccccc2F)Cc2cccc(OC)c2OC)c1. The lowest BCUT2D eigenvalue weighted by molar-refractivity contribution is -0.134. The Morgan fingerprint density at radius 2 is 1.64 bits per heavy atom. The van der Waals surface area contributed by atoms with Crippen LogP contribution >= 0.6 is 0 Å². The summed E-state index contributed by atoms with van der Waals surface area (Å²) in [5, 5.41) is 9.46. The van der Waals surface area contributed by atoms with Gasteiger partial charge in [-0.15, -0.1) is 0 Å². The molecule has 0 aliphatic carbocycles. The van der Waals surface area contributed by atoms with E-state index >= 15 is 0 Å². The molecular formula is C27H28FNO7. The molecule has 0 aromatic heterocycles. The quantitative estimate of drug-likeness (QED) is 0.401. The van der Waals surface area contributed by atoms with E-state index in [0.717, 1.165) is 0 Å². The van der Waals surface area contributed by atoms with E-state index in [1.165, 1.54) is 50.5 Å². The number of para-hydroxylation sites is 1. The number of halogens is 1. The number of carbonyl (C=O) groups excluding carboxylic acids is 1. The number of rotatable bonds is 12. The Morgan fingerprint density at radius 3 is 2.31 bits per heavy atom. The first-order valence-electron chi connectivity index (χ1n) is 11.1. The molecule has 0 fully saturated rings. The highest BCUT2D eigenvalue weighted by molar-refractivity contribution is 5.91. The van der Waals surface area contributed by atoms with E-state index in [1.807, 2.05) is 0 Å². The van der Waals surface area contributed by atoms with E-state index in [1.54, 1.807) is 36.4 Å². The number of carboxylic acid groups (broad SMARTS) is 1. The van der Waals surface area contributed by atoms with Gasteiger partial charge in [0.25, 0.3) is 5.91 Å². The Kier molecular flexibility index (Phi) is 9.10. The maximum atomic E-state index is 14.2. The Bertz CT molecular complexity index is 1210. The van der Waals surface area contributed by atoms with Crippen molar-refractivity contribution in [2.24, 2.45) is 0 Å². The van der Waals surface area contributed by atoms with E-state index in [2.05, 4.69) is 0 Å². The van der Waals surface area contributed by atoms with Gasteiger partial charge in [-0.3, -0.25) is 4.79 Å². The molecule has 3 aromatic rings. The van der Waals surface area contributed by atoms with Crippen LogP contribution in [0.3, 0.4) is 0 Å². The van der Waals surface area contributed by atoms with Crippen molar-refractivity contribution < 1.29 is 38.0 Å². The van der Waals surface area contributed by atoms with Crippen molar-refractivity contribution in [2.75, 3.05) is 34.5 Å². The van der Waals surface area contributed by atoms with Crippen LogP contribution in [0.5, 0.6) is 23.0 Å². The van der Waals surface area contributed by atoms with Crippen molar-refractivity contribution in [3.63, 3.8) is 0 Å². The van der Waals surface area contributed by atoms with Gasteiger partial charge in [-0.05, 0) is 36.2 Å². The molecule has 0 saturated heterocycles. The van der Waals surface area contributed by atoms with Gasteiger partial charge in [0.15, 0.2) is 18.1 Å². The highest BCUT2D eigenvalue weighted by Crippen LogP contribution is 2.32. The van der Waals surface area contributed by atoms with Crippen molar-refractivity contribution in [3.05, 3.63) is 83.2 Å². The predicted molar refractivity (Wildman–Crippen MR) is 131 cm³/mol. The molecule has 0 bridgehead atoms. The summed E-state index contributed by atoms with van der Waals surface area (Å²) < 4.78 is 35.8. The summed E-state index contributed by atoms with van der Waals surface area (Å²) in [4.78, 5) is 26.4. The number of carboxylic acids is 1. The Morgan fingerprint density at radius 1 is 0.889 bits per heavy atom. The third-order valence-corrected chi connectivity index (χ3v) is 5.58. The second kappa shape index (κ2) is 12.4. The van der Waals surface area contributed by atoms with Crippen LogP contribution < -0.4 is 18.9 Å². The maximum absolute atomic E-state index is 14.2. The molecule has 0 aliphatic heterocycles. The summed E-state index contributed by atoms with van der Waals surface area (Å²) in [7, 11) is 4.47. The predicted octanol–water partition coefficient (Wildman–Crippen LogP) is 4.20. The molecule has 9 heteroatoms. The lowest BCUT2D eigenvalue weighted by atomic mass is 10.1. The minimum Gasteiger partial charge on any atom is -0.497 e. The summed E-state index contributed by atoms with van der Waals surface area (Å²) in [5.41, 5.74) is 1.05. The molecular weight excluding hydrogens is 469 g/mol. The van der Waals surface area contributed by atoms with Crippen LogP contribution in [0.1, 0.15) is 21.5 Å². The lowest BCUT2D eigenvalue weighted by Crippen LogP contribution is -2.36. The van der Waals surface area contributed by atoms with E-state index < -0.39 is 18.5 Å². The van der Waals surface area contributed by atoms with Gasteiger partial charge < -0.3 is 29.0 Å². The Labute approximate surface area is 208 Å². The van der Waals surface area contributed by atoms with Crippen LogP contribution in [0.2, 0.25) is 0 Å². The molecule has 1 N–H and O–H groups in total. The lowest BCUT2D eigenvalue weighted by Gasteiger charge is -2.25. The van der Waals surface area contributed by atoms with Gasteiger partial charge in [0.05, 0.1) is 21.3 Å². The van der Waals surface area contributed by atoms with Gasteiger partial charge in [0.2, 0.25) is 0 Å². The van der Waals surface area contributed by atoms with Gasteiger partial charge in [0.1, 0.15) is 22.9 Å². The van der Waals surface area contributed by atoms with Crippen LogP contribution in [0.4, 0.5) is 4.39 Å².